The number of halogens is 2. The van der Waals surface area contributed by atoms with Gasteiger partial charge in [0.05, 0.1) is 11.6 Å². The van der Waals surface area contributed by atoms with E-state index in [-0.39, 0.29) is 29.5 Å². The van der Waals surface area contributed by atoms with Crippen LogP contribution in [0.1, 0.15) is 36.2 Å². The van der Waals surface area contributed by atoms with Gasteiger partial charge in [-0.05, 0) is 41.7 Å². The summed E-state index contributed by atoms with van der Waals surface area (Å²) in [5.74, 6) is 1.59. The monoisotopic (exact) mass is 530 g/mol. The number of nitrogens with zero attached hydrogens (tertiary/aromatic N) is 6. The summed E-state index contributed by atoms with van der Waals surface area (Å²) in [7, 11) is 9.16. The lowest BCUT2D eigenvalue weighted by Crippen LogP contribution is -2.60. The number of hydrogen-bond acceptors (Lipinski definition) is 7. The molecule has 3 aromatic rings. The van der Waals surface area contributed by atoms with Gasteiger partial charge in [0.25, 0.3) is 0 Å². The maximum Gasteiger partial charge on any atom is 0.349 e. The van der Waals surface area contributed by atoms with E-state index in [2.05, 4.69) is 63.9 Å². The maximum atomic E-state index is 12.7. The van der Waals surface area contributed by atoms with Crippen molar-refractivity contribution >= 4 is 50.1 Å². The fraction of sp³-hybridized carbons (Fsp3) is 0.440. The van der Waals surface area contributed by atoms with E-state index in [1.807, 2.05) is 0 Å². The summed E-state index contributed by atoms with van der Waals surface area (Å²) in [6.45, 7) is 5.57. The quantitative estimate of drug-likeness (QED) is 0.411. The number of hydrogen-bond donors (Lipinski definition) is 0. The molecule has 3 heterocycles. The molecule has 1 aromatic carbocycles. The molecule has 0 spiro atoms. The molecule has 0 bridgehead atoms. The smallest absolute Gasteiger partial charge is 0.348 e. The summed E-state index contributed by atoms with van der Waals surface area (Å²) >= 11 is 6.53. The van der Waals surface area contributed by atoms with E-state index in [9.17, 15) is 10.1 Å². The Balaban J connectivity index is 1.77. The van der Waals surface area contributed by atoms with Gasteiger partial charge in [-0.25, -0.2) is 9.78 Å². The second-order valence-corrected chi connectivity index (χ2v) is 10.4. The fourth-order valence-electron chi connectivity index (χ4n) is 4.81. The third-order valence-corrected chi connectivity index (χ3v) is 7.97. The Morgan fingerprint density at radius 3 is 2.54 bits per heavy atom. The van der Waals surface area contributed by atoms with Crippen molar-refractivity contribution in [2.75, 3.05) is 29.6 Å². The summed E-state index contributed by atoms with van der Waals surface area (Å²) in [5, 5.41) is 9.42. The largest absolute Gasteiger partial charge is 0.349 e. The molecule has 1 aliphatic rings. The molecule has 0 N–H and O–H groups in total. The zero-order chi connectivity index (χ0) is 25.1. The molecular weight excluding hydrogens is 503 g/mol. The molecule has 7 nitrogen and oxygen atoms in total. The van der Waals surface area contributed by atoms with Crippen molar-refractivity contribution in [3.8, 4) is 6.07 Å². The molecule has 0 radical (unpaired) electrons. The first kappa shape index (κ1) is 25.8. The Kier molecular flexibility index (Phi) is 8.23. The van der Waals surface area contributed by atoms with Crippen LogP contribution in [0.2, 0.25) is 0 Å². The zero-order valence-electron chi connectivity index (χ0n) is 20.0. The first-order valence-corrected chi connectivity index (χ1v) is 13.9. The summed E-state index contributed by atoms with van der Waals surface area (Å²) in [5.41, 5.74) is 3.54. The van der Waals surface area contributed by atoms with Crippen molar-refractivity contribution in [2.24, 2.45) is 7.05 Å². The van der Waals surface area contributed by atoms with E-state index in [0.29, 0.717) is 35.8 Å². The maximum absolute atomic E-state index is 12.7. The van der Waals surface area contributed by atoms with Crippen molar-refractivity contribution in [3.05, 3.63) is 63.7 Å². The molecule has 10 heteroatoms. The number of fused-ring (bicyclic) bond motifs is 1. The van der Waals surface area contributed by atoms with Crippen molar-refractivity contribution in [1.82, 2.24) is 19.4 Å². The molecule has 35 heavy (non-hydrogen) atoms. The van der Waals surface area contributed by atoms with Crippen LogP contribution in [0.25, 0.3) is 11.0 Å². The highest BCUT2D eigenvalue weighted by atomic mass is 35.7. The Bertz CT molecular complexity index is 1290. The van der Waals surface area contributed by atoms with E-state index in [1.165, 1.54) is 26.7 Å². The van der Waals surface area contributed by atoms with Crippen LogP contribution in [0.4, 0.5) is 5.82 Å². The van der Waals surface area contributed by atoms with E-state index in [0.717, 1.165) is 12.2 Å². The fourth-order valence-corrected chi connectivity index (χ4v) is 5.94. The van der Waals surface area contributed by atoms with Gasteiger partial charge in [-0.2, -0.15) is 10.2 Å². The molecule has 0 amide bonds. The number of anilines is 1. The molecule has 3 atom stereocenters. The molecule has 184 valence electrons. The second kappa shape index (κ2) is 11.2. The Hall–Kier alpha value is -2.31. The van der Waals surface area contributed by atoms with Gasteiger partial charge in [0.15, 0.2) is 5.82 Å². The van der Waals surface area contributed by atoms with Gasteiger partial charge in [-0.1, -0.05) is 47.7 Å². The predicted octanol–water partition coefficient (Wildman–Crippen LogP) is 4.64. The van der Waals surface area contributed by atoms with E-state index < -0.39 is 0 Å². The van der Waals surface area contributed by atoms with Gasteiger partial charge in [0.1, 0.15) is 17.3 Å². The van der Waals surface area contributed by atoms with Gasteiger partial charge < -0.3 is 4.90 Å². The molecule has 1 aliphatic heterocycles. The molecule has 3 unspecified atom stereocenters. The van der Waals surface area contributed by atoms with Crippen LogP contribution in [0, 0.1) is 18.3 Å². The molecule has 1 saturated heterocycles. The van der Waals surface area contributed by atoms with Crippen LogP contribution in [0.15, 0.2) is 41.2 Å². The lowest BCUT2D eigenvalue weighted by atomic mass is 9.98. The Morgan fingerprint density at radius 1 is 1.17 bits per heavy atom. The molecule has 1 fully saturated rings. The van der Waals surface area contributed by atoms with Crippen molar-refractivity contribution in [2.45, 2.75) is 38.4 Å². The summed E-state index contributed by atoms with van der Waals surface area (Å²) in [4.78, 5) is 26.3. The summed E-state index contributed by atoms with van der Waals surface area (Å²) in [6.07, 6.45) is 0.903. The van der Waals surface area contributed by atoms with Gasteiger partial charge in [-0.15, -0.1) is 11.6 Å². The number of benzene rings is 1. The number of nitriles is 1. The van der Waals surface area contributed by atoms with Crippen LogP contribution in [-0.4, -0.2) is 56.2 Å². The average Bonchev–Trinajstić information content (AvgIpc) is 2.89. The van der Waals surface area contributed by atoms with E-state index >= 15 is 0 Å². The van der Waals surface area contributed by atoms with Crippen LogP contribution in [0.5, 0.6) is 0 Å². The van der Waals surface area contributed by atoms with Crippen LogP contribution < -0.4 is 10.6 Å². The molecule has 0 saturated carbocycles. The number of pyridine rings is 1. The minimum Gasteiger partial charge on any atom is -0.348 e. The standard InChI is InChI=1S/C25H28Cl2N6OS/c1-4-19-13-33(24-23-21(31(3)25(34)30-24)10-9-18(12-28)29-23)20(11-26)14-32(19)22(15-35-27)17-7-5-16(2)6-8-17/h5-10,19-20,22H,4,11,13-15H2,1-3H3. The molecular formula is C25H28Cl2N6OS. The topological polar surface area (TPSA) is 78.0 Å². The normalized spacial score (nSPS) is 19.6. The van der Waals surface area contributed by atoms with Gasteiger partial charge >= 0.3 is 5.69 Å². The third-order valence-electron chi connectivity index (χ3n) is 6.79. The van der Waals surface area contributed by atoms with E-state index in [4.69, 9.17) is 22.3 Å². The predicted molar refractivity (Wildman–Crippen MR) is 144 cm³/mol. The molecule has 2 aromatic heterocycles. The van der Waals surface area contributed by atoms with Crippen LogP contribution in [-0.2, 0) is 7.05 Å². The SMILES string of the molecule is CCC1CN(c2nc(=O)n(C)c3ccc(C#N)nc23)C(CCl)CN1C(CSCl)c1ccc(C)cc1. The van der Waals surface area contributed by atoms with Gasteiger partial charge in [0.2, 0.25) is 0 Å². The Labute approximate surface area is 219 Å². The minimum absolute atomic E-state index is 0.0944. The zero-order valence-corrected chi connectivity index (χ0v) is 22.3. The molecule has 0 aliphatic carbocycles. The highest BCUT2D eigenvalue weighted by molar-refractivity contribution is 8.21. The van der Waals surface area contributed by atoms with Crippen LogP contribution in [0.3, 0.4) is 0 Å². The first-order valence-electron chi connectivity index (χ1n) is 11.6. The highest BCUT2D eigenvalue weighted by Gasteiger charge is 2.38. The number of aromatic nitrogens is 3. The number of piperazine rings is 1. The number of rotatable bonds is 7. The average molecular weight is 532 g/mol. The lowest BCUT2D eigenvalue weighted by Gasteiger charge is -2.49. The third kappa shape index (κ3) is 5.14. The van der Waals surface area contributed by atoms with Crippen LogP contribution >= 0.6 is 33.3 Å². The van der Waals surface area contributed by atoms with Gasteiger partial charge in [0, 0.05) is 43.9 Å². The van der Waals surface area contributed by atoms with Crippen molar-refractivity contribution in [3.63, 3.8) is 0 Å². The second-order valence-electron chi connectivity index (χ2n) is 8.87. The summed E-state index contributed by atoms with van der Waals surface area (Å²) < 4.78 is 1.46. The number of alkyl halides is 1. The van der Waals surface area contributed by atoms with Crippen molar-refractivity contribution in [1.29, 1.82) is 5.26 Å². The minimum atomic E-state index is -0.362. The van der Waals surface area contributed by atoms with Gasteiger partial charge in [-0.3, -0.25) is 9.47 Å². The Morgan fingerprint density at radius 2 is 1.91 bits per heavy atom. The highest BCUT2D eigenvalue weighted by Crippen LogP contribution is 2.35. The lowest BCUT2D eigenvalue weighted by molar-refractivity contribution is 0.109. The van der Waals surface area contributed by atoms with E-state index in [1.54, 1.807) is 19.2 Å². The number of aryl methyl sites for hydroxylation is 2. The first-order chi connectivity index (χ1) is 16.9. The summed E-state index contributed by atoms with van der Waals surface area (Å²) in [6, 6.07) is 14.3. The molecule has 4 rings (SSSR count). The van der Waals surface area contributed by atoms with Crippen molar-refractivity contribution < 1.29 is 0 Å².